The second-order valence-electron chi connectivity index (χ2n) is 8.61. The quantitative estimate of drug-likeness (QED) is 0.174. The minimum atomic E-state index is -1.46. The van der Waals surface area contributed by atoms with E-state index in [0.29, 0.717) is 11.3 Å². The van der Waals surface area contributed by atoms with Crippen LogP contribution >= 0.6 is 11.8 Å². The molecule has 8 N–H and O–H groups in total. The minimum Gasteiger partial charge on any atom is -0.508 e. The minimum absolute atomic E-state index is 0.0130. The molecular formula is C23H36N4O7S. The normalized spacial score (nSPS) is 15.4. The van der Waals surface area contributed by atoms with Gasteiger partial charge in [-0.2, -0.15) is 11.8 Å². The fourth-order valence-corrected chi connectivity index (χ4v) is 3.54. The van der Waals surface area contributed by atoms with Crippen LogP contribution in [0.5, 0.6) is 5.75 Å². The standard InChI is InChI=1S/C23H36N4O7S/c1-12(2)18(24)21(31)25-16(9-10-35-4)20(30)27-19(13(3)28)22(32)26-17(23(33)34)11-14-5-7-15(29)8-6-14/h5-8,12-13,16-19,28-29H,9-11,24H2,1-4H3,(H,25,31)(H,26,32)(H,27,30)(H,33,34). The molecule has 0 bridgehead atoms. The van der Waals surface area contributed by atoms with Gasteiger partial charge in [-0.25, -0.2) is 4.79 Å². The molecule has 0 saturated heterocycles. The maximum atomic E-state index is 12.9. The van der Waals surface area contributed by atoms with Gasteiger partial charge in [0, 0.05) is 6.42 Å². The van der Waals surface area contributed by atoms with E-state index >= 15 is 0 Å². The van der Waals surface area contributed by atoms with Crippen LogP contribution in [-0.2, 0) is 25.6 Å². The Hall–Kier alpha value is -2.83. The van der Waals surface area contributed by atoms with Gasteiger partial charge in [-0.15, -0.1) is 0 Å². The molecule has 1 aromatic rings. The van der Waals surface area contributed by atoms with E-state index in [-0.39, 0.29) is 24.5 Å². The number of amides is 3. The number of thioether (sulfide) groups is 1. The number of aromatic hydroxyl groups is 1. The number of carbonyl (C=O) groups excluding carboxylic acids is 3. The molecule has 0 radical (unpaired) electrons. The van der Waals surface area contributed by atoms with Crippen LogP contribution in [-0.4, -0.2) is 81.3 Å². The Morgan fingerprint density at radius 2 is 1.51 bits per heavy atom. The summed E-state index contributed by atoms with van der Waals surface area (Å²) in [4.78, 5) is 49.9. The van der Waals surface area contributed by atoms with Crippen molar-refractivity contribution in [3.63, 3.8) is 0 Å². The van der Waals surface area contributed by atoms with E-state index in [2.05, 4.69) is 16.0 Å². The molecule has 5 unspecified atom stereocenters. The average molecular weight is 513 g/mol. The highest BCUT2D eigenvalue weighted by Crippen LogP contribution is 2.12. The number of carboxylic acid groups (broad SMARTS) is 1. The third-order valence-electron chi connectivity index (χ3n) is 5.32. The predicted octanol–water partition coefficient (Wildman–Crippen LogP) is -0.409. The summed E-state index contributed by atoms with van der Waals surface area (Å²) in [7, 11) is 0. The van der Waals surface area contributed by atoms with E-state index in [1.54, 1.807) is 13.8 Å². The summed E-state index contributed by atoms with van der Waals surface area (Å²) in [5.74, 6) is -3.03. The molecule has 12 heteroatoms. The average Bonchev–Trinajstić information content (AvgIpc) is 2.79. The maximum Gasteiger partial charge on any atom is 0.326 e. The summed E-state index contributed by atoms with van der Waals surface area (Å²) in [5.41, 5.74) is 6.42. The Labute approximate surface area is 209 Å². The summed E-state index contributed by atoms with van der Waals surface area (Å²) >= 11 is 1.46. The molecule has 196 valence electrons. The van der Waals surface area contributed by atoms with Gasteiger partial charge in [0.25, 0.3) is 0 Å². The molecule has 0 fully saturated rings. The van der Waals surface area contributed by atoms with E-state index in [9.17, 15) is 34.5 Å². The summed E-state index contributed by atoms with van der Waals surface area (Å²) in [5, 5.41) is 36.4. The number of aliphatic hydroxyl groups is 1. The second-order valence-corrected chi connectivity index (χ2v) is 9.59. The van der Waals surface area contributed by atoms with Crippen molar-refractivity contribution >= 4 is 35.5 Å². The molecule has 0 aliphatic heterocycles. The topological polar surface area (TPSA) is 191 Å². The highest BCUT2D eigenvalue weighted by Gasteiger charge is 2.33. The fraction of sp³-hybridized carbons (Fsp3) is 0.565. The zero-order chi connectivity index (χ0) is 26.7. The number of rotatable bonds is 14. The largest absolute Gasteiger partial charge is 0.508 e. The van der Waals surface area contributed by atoms with Crippen LogP contribution in [0.15, 0.2) is 24.3 Å². The third-order valence-corrected chi connectivity index (χ3v) is 5.96. The first-order valence-electron chi connectivity index (χ1n) is 11.2. The Kier molecular flexibility index (Phi) is 12.5. The van der Waals surface area contributed by atoms with Crippen molar-refractivity contribution in [1.82, 2.24) is 16.0 Å². The Bertz CT molecular complexity index is 864. The number of nitrogens with two attached hydrogens (primary N) is 1. The van der Waals surface area contributed by atoms with E-state index in [0.717, 1.165) is 0 Å². The molecule has 11 nitrogen and oxygen atoms in total. The third kappa shape index (κ3) is 10.1. The predicted molar refractivity (Wildman–Crippen MR) is 133 cm³/mol. The van der Waals surface area contributed by atoms with Crippen molar-refractivity contribution in [3.8, 4) is 5.75 Å². The molecule has 0 heterocycles. The van der Waals surface area contributed by atoms with Crippen molar-refractivity contribution in [2.24, 2.45) is 11.7 Å². The van der Waals surface area contributed by atoms with Gasteiger partial charge in [0.05, 0.1) is 12.1 Å². The summed E-state index contributed by atoms with van der Waals surface area (Å²) in [6.07, 6.45) is 0.664. The monoisotopic (exact) mass is 512 g/mol. The van der Waals surface area contributed by atoms with Gasteiger partial charge in [-0.05, 0) is 49.0 Å². The number of nitrogens with one attached hydrogen (secondary N) is 3. The summed E-state index contributed by atoms with van der Waals surface area (Å²) in [6, 6.07) is 1.19. The van der Waals surface area contributed by atoms with Gasteiger partial charge < -0.3 is 37.0 Å². The number of hydrogen-bond acceptors (Lipinski definition) is 8. The first-order valence-corrected chi connectivity index (χ1v) is 12.6. The molecule has 3 amide bonds. The molecule has 0 aliphatic rings. The van der Waals surface area contributed by atoms with Crippen molar-refractivity contribution in [2.75, 3.05) is 12.0 Å². The lowest BCUT2D eigenvalue weighted by Crippen LogP contribution is -2.60. The Balaban J connectivity index is 2.96. The van der Waals surface area contributed by atoms with E-state index in [4.69, 9.17) is 5.73 Å². The lowest BCUT2D eigenvalue weighted by atomic mass is 10.0. The second kappa shape index (κ2) is 14.5. The van der Waals surface area contributed by atoms with E-state index < -0.39 is 54.0 Å². The van der Waals surface area contributed by atoms with Crippen LogP contribution in [0, 0.1) is 5.92 Å². The lowest BCUT2D eigenvalue weighted by molar-refractivity contribution is -0.143. The number of phenolic OH excluding ortho intramolecular Hbond substituents is 1. The molecular weight excluding hydrogens is 476 g/mol. The van der Waals surface area contributed by atoms with Crippen LogP contribution in [0.3, 0.4) is 0 Å². The van der Waals surface area contributed by atoms with E-state index in [1.165, 1.54) is 43.0 Å². The first kappa shape index (κ1) is 30.2. The maximum absolute atomic E-state index is 12.9. The van der Waals surface area contributed by atoms with Gasteiger partial charge in [0.15, 0.2) is 0 Å². The van der Waals surface area contributed by atoms with Crippen LogP contribution in [0.4, 0.5) is 0 Å². The first-order chi connectivity index (χ1) is 16.4. The number of carboxylic acids is 1. The molecule has 0 saturated carbocycles. The number of benzene rings is 1. The highest BCUT2D eigenvalue weighted by atomic mass is 32.2. The summed E-state index contributed by atoms with van der Waals surface area (Å²) in [6.45, 7) is 4.82. The Morgan fingerprint density at radius 3 is 2.00 bits per heavy atom. The number of aliphatic hydroxyl groups excluding tert-OH is 1. The summed E-state index contributed by atoms with van der Waals surface area (Å²) < 4.78 is 0. The molecule has 0 aromatic heterocycles. The van der Waals surface area contributed by atoms with Gasteiger partial charge >= 0.3 is 5.97 Å². The van der Waals surface area contributed by atoms with Crippen LogP contribution in [0.2, 0.25) is 0 Å². The van der Waals surface area contributed by atoms with Crippen molar-refractivity contribution in [1.29, 1.82) is 0 Å². The molecule has 0 spiro atoms. The zero-order valence-corrected chi connectivity index (χ0v) is 21.2. The van der Waals surface area contributed by atoms with Crippen LogP contribution in [0.25, 0.3) is 0 Å². The number of hydrogen-bond donors (Lipinski definition) is 7. The SMILES string of the molecule is CSCCC(NC(=O)C(N)C(C)C)C(=O)NC(C(=O)NC(Cc1ccc(O)cc1)C(=O)O)C(C)O. The van der Waals surface area contributed by atoms with Gasteiger partial charge in [0.2, 0.25) is 17.7 Å². The van der Waals surface area contributed by atoms with Gasteiger partial charge in [0.1, 0.15) is 23.9 Å². The smallest absolute Gasteiger partial charge is 0.326 e. The highest BCUT2D eigenvalue weighted by molar-refractivity contribution is 7.98. The van der Waals surface area contributed by atoms with Gasteiger partial charge in [-0.3, -0.25) is 14.4 Å². The van der Waals surface area contributed by atoms with Crippen LogP contribution in [0.1, 0.15) is 32.8 Å². The van der Waals surface area contributed by atoms with Crippen molar-refractivity contribution in [2.45, 2.75) is 63.9 Å². The molecule has 1 aromatic carbocycles. The molecule has 35 heavy (non-hydrogen) atoms. The Morgan fingerprint density at radius 1 is 0.943 bits per heavy atom. The lowest BCUT2D eigenvalue weighted by Gasteiger charge is -2.27. The number of phenols is 1. The fourth-order valence-electron chi connectivity index (χ4n) is 3.06. The molecule has 5 atom stereocenters. The number of aliphatic carboxylic acids is 1. The molecule has 1 rings (SSSR count). The van der Waals surface area contributed by atoms with Gasteiger partial charge in [-0.1, -0.05) is 26.0 Å². The van der Waals surface area contributed by atoms with Crippen molar-refractivity contribution in [3.05, 3.63) is 29.8 Å². The van der Waals surface area contributed by atoms with E-state index in [1.807, 2.05) is 6.26 Å². The zero-order valence-electron chi connectivity index (χ0n) is 20.4. The van der Waals surface area contributed by atoms with Crippen LogP contribution < -0.4 is 21.7 Å². The molecule has 0 aliphatic carbocycles. The number of carbonyl (C=O) groups is 4. The van der Waals surface area contributed by atoms with Crippen molar-refractivity contribution < 1.29 is 34.5 Å².